The summed E-state index contributed by atoms with van der Waals surface area (Å²) in [5.41, 5.74) is 9.44. The van der Waals surface area contributed by atoms with Crippen LogP contribution in [0.25, 0.3) is 55.0 Å². The Balaban J connectivity index is 1.27. The fourth-order valence-corrected chi connectivity index (χ4v) is 5.86. The van der Waals surface area contributed by atoms with Crippen LogP contribution in [0.4, 0.5) is 17.1 Å². The van der Waals surface area contributed by atoms with Gasteiger partial charge in [0.25, 0.3) is 0 Å². The number of benzene rings is 6. The molecule has 198 valence electrons. The van der Waals surface area contributed by atoms with Crippen LogP contribution in [-0.4, -0.2) is 4.98 Å². The van der Waals surface area contributed by atoms with Gasteiger partial charge in [-0.25, -0.2) is 0 Å². The van der Waals surface area contributed by atoms with E-state index in [0.717, 1.165) is 39.0 Å². The van der Waals surface area contributed by atoms with Crippen LogP contribution >= 0.6 is 0 Å². The Morgan fingerprint density at radius 1 is 0.452 bits per heavy atom. The molecule has 0 fully saturated rings. The van der Waals surface area contributed by atoms with Crippen LogP contribution in [-0.2, 0) is 0 Å². The average molecular weight is 539 g/mol. The maximum absolute atomic E-state index is 6.21. The molecule has 2 aromatic heterocycles. The van der Waals surface area contributed by atoms with Crippen LogP contribution in [0.2, 0.25) is 0 Å². The van der Waals surface area contributed by atoms with Crippen LogP contribution < -0.4 is 4.90 Å². The van der Waals surface area contributed by atoms with Crippen molar-refractivity contribution in [2.24, 2.45) is 0 Å². The molecule has 0 N–H and O–H groups in total. The Morgan fingerprint density at radius 3 is 1.81 bits per heavy atom. The maximum atomic E-state index is 6.21. The molecule has 8 aromatic rings. The largest absolute Gasteiger partial charge is 0.454 e. The van der Waals surface area contributed by atoms with E-state index in [9.17, 15) is 0 Å². The number of rotatable bonds is 5. The second-order valence-corrected chi connectivity index (χ2v) is 10.5. The van der Waals surface area contributed by atoms with Gasteiger partial charge in [0.05, 0.1) is 23.5 Å². The summed E-state index contributed by atoms with van der Waals surface area (Å²) in [7, 11) is 0. The van der Waals surface area contributed by atoms with Crippen LogP contribution in [0.15, 0.2) is 162 Å². The van der Waals surface area contributed by atoms with Gasteiger partial charge in [0.1, 0.15) is 5.58 Å². The van der Waals surface area contributed by atoms with Crippen molar-refractivity contribution >= 4 is 49.8 Å². The summed E-state index contributed by atoms with van der Waals surface area (Å²) in [4.78, 5) is 6.88. The molecule has 0 aliphatic carbocycles. The lowest BCUT2D eigenvalue weighted by Crippen LogP contribution is -2.10. The molecule has 0 aliphatic rings. The first-order chi connectivity index (χ1) is 20.8. The van der Waals surface area contributed by atoms with E-state index < -0.39 is 0 Å². The first-order valence-electron chi connectivity index (χ1n) is 14.1. The molecule has 0 saturated carbocycles. The van der Waals surface area contributed by atoms with Crippen molar-refractivity contribution in [2.75, 3.05) is 4.90 Å². The average Bonchev–Trinajstić information content (AvgIpc) is 3.45. The number of furan rings is 1. The van der Waals surface area contributed by atoms with Gasteiger partial charge in [-0.2, -0.15) is 0 Å². The van der Waals surface area contributed by atoms with Crippen LogP contribution in [0, 0.1) is 0 Å². The standard InChI is InChI=1S/C39H26N2O/c1-2-8-27(9-3-1)29-16-20-33(21-17-29)41(36-25-40-26-38-39(36)35-12-6-7-13-37(35)42-38)34-22-18-30(19-23-34)32-15-14-28-10-4-5-11-31(28)24-32/h1-26H. The molecule has 0 saturated heterocycles. The smallest absolute Gasteiger partial charge is 0.155 e. The number of nitrogens with zero attached hydrogens (tertiary/aromatic N) is 2. The second-order valence-electron chi connectivity index (χ2n) is 10.5. The van der Waals surface area contributed by atoms with E-state index in [-0.39, 0.29) is 0 Å². The number of hydrogen-bond acceptors (Lipinski definition) is 3. The highest BCUT2D eigenvalue weighted by Gasteiger charge is 2.20. The van der Waals surface area contributed by atoms with Crippen molar-refractivity contribution in [2.45, 2.75) is 0 Å². The molecule has 0 aliphatic heterocycles. The molecule has 42 heavy (non-hydrogen) atoms. The predicted molar refractivity (Wildman–Crippen MR) is 175 cm³/mol. The summed E-state index contributed by atoms with van der Waals surface area (Å²) < 4.78 is 6.21. The van der Waals surface area contributed by atoms with E-state index in [1.165, 1.54) is 33.0 Å². The minimum Gasteiger partial charge on any atom is -0.454 e. The van der Waals surface area contributed by atoms with Crippen molar-refractivity contribution < 1.29 is 4.42 Å². The first-order valence-corrected chi connectivity index (χ1v) is 14.1. The molecule has 6 aromatic carbocycles. The van der Waals surface area contributed by atoms with Crippen molar-refractivity contribution in [3.8, 4) is 22.3 Å². The highest BCUT2D eigenvalue weighted by molar-refractivity contribution is 6.12. The highest BCUT2D eigenvalue weighted by Crippen LogP contribution is 2.43. The van der Waals surface area contributed by atoms with E-state index in [1.54, 1.807) is 6.20 Å². The predicted octanol–water partition coefficient (Wildman–Crippen LogP) is 10.9. The van der Waals surface area contributed by atoms with Gasteiger partial charge >= 0.3 is 0 Å². The summed E-state index contributed by atoms with van der Waals surface area (Å²) in [6.07, 6.45) is 3.74. The molecular weight excluding hydrogens is 512 g/mol. The number of para-hydroxylation sites is 1. The summed E-state index contributed by atoms with van der Waals surface area (Å²) in [5.74, 6) is 0. The Kier molecular flexibility index (Phi) is 5.79. The maximum Gasteiger partial charge on any atom is 0.155 e. The molecule has 0 spiro atoms. The molecule has 0 radical (unpaired) electrons. The van der Waals surface area contributed by atoms with Crippen LogP contribution in [0.1, 0.15) is 0 Å². The third-order valence-corrected chi connectivity index (χ3v) is 7.95. The van der Waals surface area contributed by atoms with Gasteiger partial charge in [-0.15, -0.1) is 0 Å². The lowest BCUT2D eigenvalue weighted by atomic mass is 10.0. The van der Waals surface area contributed by atoms with Gasteiger partial charge < -0.3 is 9.32 Å². The molecule has 8 rings (SSSR count). The zero-order valence-electron chi connectivity index (χ0n) is 22.8. The molecule has 0 atom stereocenters. The number of anilines is 3. The minimum absolute atomic E-state index is 0.771. The van der Waals surface area contributed by atoms with E-state index in [0.29, 0.717) is 0 Å². The SMILES string of the molecule is c1ccc(-c2ccc(N(c3ccc(-c4ccc5ccccc5c4)cc3)c3cncc4oc5ccccc5c34)cc2)cc1. The van der Waals surface area contributed by atoms with Crippen molar-refractivity contribution in [1.29, 1.82) is 0 Å². The molecular formula is C39H26N2O. The summed E-state index contributed by atoms with van der Waals surface area (Å²) in [5, 5.41) is 4.61. The van der Waals surface area contributed by atoms with Crippen LogP contribution in [0.3, 0.4) is 0 Å². The number of pyridine rings is 1. The summed E-state index contributed by atoms with van der Waals surface area (Å²) >= 11 is 0. The molecule has 3 heteroatoms. The van der Waals surface area contributed by atoms with Crippen molar-refractivity contribution in [3.63, 3.8) is 0 Å². The van der Waals surface area contributed by atoms with Crippen LogP contribution in [0.5, 0.6) is 0 Å². The Labute approximate surface area is 243 Å². The van der Waals surface area contributed by atoms with E-state index in [4.69, 9.17) is 4.42 Å². The van der Waals surface area contributed by atoms with Crippen molar-refractivity contribution in [1.82, 2.24) is 4.98 Å². The highest BCUT2D eigenvalue weighted by atomic mass is 16.3. The summed E-state index contributed by atoms with van der Waals surface area (Å²) in [6.45, 7) is 0. The fraction of sp³-hybridized carbons (Fsp3) is 0. The lowest BCUT2D eigenvalue weighted by molar-refractivity contribution is 0.667. The zero-order valence-corrected chi connectivity index (χ0v) is 22.8. The Hall–Kier alpha value is -5.67. The molecule has 3 nitrogen and oxygen atoms in total. The van der Waals surface area contributed by atoms with Gasteiger partial charge in [0.15, 0.2) is 5.58 Å². The third-order valence-electron chi connectivity index (χ3n) is 7.95. The molecule has 2 heterocycles. The topological polar surface area (TPSA) is 29.3 Å². The monoisotopic (exact) mass is 538 g/mol. The van der Waals surface area contributed by atoms with Gasteiger partial charge in [-0.05, 0) is 69.4 Å². The second kappa shape index (κ2) is 10.1. The molecule has 0 unspecified atom stereocenters. The first kappa shape index (κ1) is 24.2. The zero-order chi connectivity index (χ0) is 27.9. The normalized spacial score (nSPS) is 11.3. The quantitative estimate of drug-likeness (QED) is 0.218. The Morgan fingerprint density at radius 2 is 1.05 bits per heavy atom. The van der Waals surface area contributed by atoms with E-state index in [2.05, 4.69) is 137 Å². The van der Waals surface area contributed by atoms with E-state index >= 15 is 0 Å². The van der Waals surface area contributed by atoms with E-state index in [1.807, 2.05) is 24.4 Å². The Bertz CT molecular complexity index is 2180. The minimum atomic E-state index is 0.771. The molecule has 0 amide bonds. The van der Waals surface area contributed by atoms with Gasteiger partial charge in [0, 0.05) is 16.8 Å². The van der Waals surface area contributed by atoms with Crippen molar-refractivity contribution in [3.05, 3.63) is 158 Å². The number of hydrogen-bond donors (Lipinski definition) is 0. The fourth-order valence-electron chi connectivity index (χ4n) is 5.86. The number of fused-ring (bicyclic) bond motifs is 4. The summed E-state index contributed by atoms with van der Waals surface area (Å²) in [6, 6.07) is 51.3. The van der Waals surface area contributed by atoms with Gasteiger partial charge in [-0.3, -0.25) is 4.98 Å². The van der Waals surface area contributed by atoms with Gasteiger partial charge in [0.2, 0.25) is 0 Å². The third kappa shape index (κ3) is 4.20. The number of aromatic nitrogens is 1. The molecule has 0 bridgehead atoms. The van der Waals surface area contributed by atoms with Gasteiger partial charge in [-0.1, -0.05) is 109 Å². The lowest BCUT2D eigenvalue weighted by Gasteiger charge is -2.26.